The number of aryl methyl sites for hydroxylation is 2. The van der Waals surface area contributed by atoms with Gasteiger partial charge in [-0.25, -0.2) is 18.2 Å². The van der Waals surface area contributed by atoms with E-state index in [9.17, 15) is 13.2 Å². The fraction of sp³-hybridized carbons (Fsp3) is 0.452. The summed E-state index contributed by atoms with van der Waals surface area (Å²) >= 11 is 6.07. The molecule has 0 bridgehead atoms. The lowest BCUT2D eigenvalue weighted by atomic mass is 9.90. The number of rotatable bonds is 10. The standard InChI is InChI=1S/C31H40ClN5O5S/c1-31(2,3)42-30(38)37(4)24-16-14-23(15-17-24)34-27-18-11-21(20-33-27)10-12-22-13-19-28(35-29(22)41-5)36-43(39,40)26-9-7-6-8-25(26)32/h6-9,11,13,18-20,23-24H,10,12,14-17H2,1-5H3,(H,33,34)(H,35,36). The Morgan fingerprint density at radius 2 is 1.72 bits per heavy atom. The minimum Gasteiger partial charge on any atom is -0.481 e. The lowest BCUT2D eigenvalue weighted by molar-refractivity contribution is 0.0185. The van der Waals surface area contributed by atoms with Crippen molar-refractivity contribution in [1.29, 1.82) is 0 Å². The van der Waals surface area contributed by atoms with Crippen LogP contribution in [0.25, 0.3) is 0 Å². The summed E-state index contributed by atoms with van der Waals surface area (Å²) in [5.41, 5.74) is 1.40. The fourth-order valence-corrected chi connectivity index (χ4v) is 6.51. The number of carbonyl (C=O) groups excluding carboxylic acids is 1. The van der Waals surface area contributed by atoms with E-state index in [0.29, 0.717) is 24.8 Å². The summed E-state index contributed by atoms with van der Waals surface area (Å²) in [5, 5.41) is 3.66. The molecule has 1 amide bonds. The summed E-state index contributed by atoms with van der Waals surface area (Å²) in [6.45, 7) is 5.63. The highest BCUT2D eigenvalue weighted by Crippen LogP contribution is 2.27. The number of hydrogen-bond donors (Lipinski definition) is 2. The van der Waals surface area contributed by atoms with Gasteiger partial charge in [0.05, 0.1) is 12.1 Å². The van der Waals surface area contributed by atoms with Crippen LogP contribution in [0.5, 0.6) is 5.88 Å². The lowest BCUT2D eigenvalue weighted by Crippen LogP contribution is -2.43. The van der Waals surface area contributed by atoms with Gasteiger partial charge < -0.3 is 19.7 Å². The van der Waals surface area contributed by atoms with Crippen LogP contribution in [0.4, 0.5) is 16.4 Å². The predicted octanol–water partition coefficient (Wildman–Crippen LogP) is 6.31. The molecule has 4 rings (SSSR count). The average molecular weight is 630 g/mol. The third kappa shape index (κ3) is 8.96. The second-order valence-corrected chi connectivity index (χ2v) is 13.8. The van der Waals surface area contributed by atoms with Crippen LogP contribution in [0.3, 0.4) is 0 Å². The van der Waals surface area contributed by atoms with Crippen molar-refractivity contribution in [1.82, 2.24) is 14.9 Å². The largest absolute Gasteiger partial charge is 0.481 e. The summed E-state index contributed by atoms with van der Waals surface area (Å²) in [6, 6.07) is 14.1. The monoisotopic (exact) mass is 629 g/mol. The normalized spacial score (nSPS) is 17.2. The van der Waals surface area contributed by atoms with Crippen molar-refractivity contribution in [3.8, 4) is 5.88 Å². The minimum absolute atomic E-state index is 0.0228. The Labute approximate surface area is 259 Å². The summed E-state index contributed by atoms with van der Waals surface area (Å²) < 4.78 is 39.0. The zero-order valence-electron chi connectivity index (χ0n) is 25.3. The van der Waals surface area contributed by atoms with E-state index in [1.54, 1.807) is 29.2 Å². The number of benzene rings is 1. The van der Waals surface area contributed by atoms with Crippen molar-refractivity contribution in [2.45, 2.75) is 81.9 Å². The highest BCUT2D eigenvalue weighted by Gasteiger charge is 2.29. The van der Waals surface area contributed by atoms with Gasteiger partial charge in [-0.05, 0) is 95.2 Å². The first-order chi connectivity index (χ1) is 20.3. The average Bonchev–Trinajstić information content (AvgIpc) is 2.96. The Kier molecular flexibility index (Phi) is 10.4. The second kappa shape index (κ2) is 13.8. The Bertz CT molecular complexity index is 1500. The molecule has 1 aliphatic carbocycles. The van der Waals surface area contributed by atoms with Gasteiger partial charge in [0.25, 0.3) is 10.0 Å². The molecule has 2 N–H and O–H groups in total. The van der Waals surface area contributed by atoms with Gasteiger partial charge in [0, 0.05) is 30.9 Å². The number of anilines is 2. The number of pyridine rings is 2. The molecule has 3 aromatic rings. The van der Waals surface area contributed by atoms with Crippen LogP contribution in [0, 0.1) is 0 Å². The summed E-state index contributed by atoms with van der Waals surface area (Å²) in [5.74, 6) is 1.31. The third-order valence-corrected chi connectivity index (χ3v) is 9.14. The molecule has 0 atom stereocenters. The van der Waals surface area contributed by atoms with E-state index in [1.165, 1.54) is 19.2 Å². The zero-order chi connectivity index (χ0) is 31.2. The molecule has 0 aliphatic heterocycles. The number of amides is 1. The quantitative estimate of drug-likeness (QED) is 0.267. The first-order valence-corrected chi connectivity index (χ1v) is 16.2. The van der Waals surface area contributed by atoms with Crippen LogP contribution in [0.15, 0.2) is 59.6 Å². The Morgan fingerprint density at radius 3 is 2.35 bits per heavy atom. The number of aromatic nitrogens is 2. The Balaban J connectivity index is 1.28. The van der Waals surface area contributed by atoms with Crippen LogP contribution < -0.4 is 14.8 Å². The maximum atomic E-state index is 12.8. The van der Waals surface area contributed by atoms with Crippen LogP contribution in [-0.4, -0.2) is 61.2 Å². The van der Waals surface area contributed by atoms with E-state index in [1.807, 2.05) is 46.1 Å². The molecule has 0 spiro atoms. The van der Waals surface area contributed by atoms with Crippen molar-refractivity contribution >= 4 is 39.4 Å². The van der Waals surface area contributed by atoms with Crippen molar-refractivity contribution in [3.63, 3.8) is 0 Å². The Morgan fingerprint density at radius 1 is 1.02 bits per heavy atom. The van der Waals surface area contributed by atoms with Gasteiger partial charge in [0.1, 0.15) is 22.1 Å². The molecule has 1 aromatic carbocycles. The molecule has 0 saturated heterocycles. The maximum absolute atomic E-state index is 12.8. The molecule has 12 heteroatoms. The highest BCUT2D eigenvalue weighted by molar-refractivity contribution is 7.92. The van der Waals surface area contributed by atoms with Gasteiger partial charge in [-0.3, -0.25) is 4.72 Å². The second-order valence-electron chi connectivity index (χ2n) is 11.7. The molecule has 2 heterocycles. The van der Waals surface area contributed by atoms with E-state index in [0.717, 1.165) is 42.6 Å². The predicted molar refractivity (Wildman–Crippen MR) is 168 cm³/mol. The smallest absolute Gasteiger partial charge is 0.410 e. The van der Waals surface area contributed by atoms with Crippen molar-refractivity contribution in [2.75, 3.05) is 24.2 Å². The SMILES string of the molecule is COc1nc(NS(=O)(=O)c2ccccc2Cl)ccc1CCc1ccc(NC2CCC(N(C)C(=O)OC(C)(C)C)CC2)nc1. The first-order valence-electron chi connectivity index (χ1n) is 14.3. The van der Waals surface area contributed by atoms with E-state index in [2.05, 4.69) is 20.0 Å². The van der Waals surface area contributed by atoms with Crippen LogP contribution >= 0.6 is 11.6 Å². The number of halogens is 1. The van der Waals surface area contributed by atoms with Gasteiger partial charge in [0.2, 0.25) is 5.88 Å². The number of hydrogen-bond acceptors (Lipinski definition) is 8. The number of ether oxygens (including phenoxy) is 2. The van der Waals surface area contributed by atoms with Crippen molar-refractivity contribution in [3.05, 3.63) is 70.9 Å². The number of methoxy groups -OCH3 is 1. The molecule has 0 radical (unpaired) electrons. The van der Waals surface area contributed by atoms with Crippen molar-refractivity contribution < 1.29 is 22.7 Å². The van der Waals surface area contributed by atoms with Crippen LogP contribution in [0.2, 0.25) is 5.02 Å². The lowest BCUT2D eigenvalue weighted by Gasteiger charge is -2.35. The molecular weight excluding hydrogens is 590 g/mol. The number of sulfonamides is 1. The molecule has 2 aromatic heterocycles. The first kappa shape index (κ1) is 32.3. The van der Waals surface area contributed by atoms with E-state index < -0.39 is 15.6 Å². The molecule has 43 heavy (non-hydrogen) atoms. The number of nitrogens with one attached hydrogen (secondary N) is 2. The van der Waals surface area contributed by atoms with E-state index in [-0.39, 0.29) is 27.9 Å². The summed E-state index contributed by atoms with van der Waals surface area (Å²) in [6.07, 6.45) is 6.62. The maximum Gasteiger partial charge on any atom is 0.410 e. The summed E-state index contributed by atoms with van der Waals surface area (Å²) in [7, 11) is -0.584. The highest BCUT2D eigenvalue weighted by atomic mass is 35.5. The molecule has 1 fully saturated rings. The van der Waals surface area contributed by atoms with E-state index in [4.69, 9.17) is 21.1 Å². The molecule has 0 unspecified atom stereocenters. The third-order valence-electron chi connectivity index (χ3n) is 7.28. The minimum atomic E-state index is -3.90. The van der Waals surface area contributed by atoms with Crippen LogP contribution in [0.1, 0.15) is 57.6 Å². The van der Waals surface area contributed by atoms with Gasteiger partial charge >= 0.3 is 6.09 Å². The topological polar surface area (TPSA) is 123 Å². The fourth-order valence-electron chi connectivity index (χ4n) is 4.98. The number of nitrogens with zero attached hydrogens (tertiary/aromatic N) is 3. The number of carbonyl (C=O) groups is 1. The molecule has 232 valence electrons. The van der Waals surface area contributed by atoms with Crippen molar-refractivity contribution in [2.24, 2.45) is 0 Å². The van der Waals surface area contributed by atoms with Gasteiger partial charge in [-0.15, -0.1) is 0 Å². The van der Waals surface area contributed by atoms with Gasteiger partial charge in [-0.1, -0.05) is 29.8 Å². The zero-order valence-corrected chi connectivity index (χ0v) is 26.8. The molecular formula is C31H40ClN5O5S. The van der Waals surface area contributed by atoms with Gasteiger partial charge in [0.15, 0.2) is 0 Å². The van der Waals surface area contributed by atoms with Crippen LogP contribution in [-0.2, 0) is 27.6 Å². The molecule has 1 saturated carbocycles. The molecule has 10 nitrogen and oxygen atoms in total. The Hall–Kier alpha value is -3.57. The molecule has 1 aliphatic rings. The summed E-state index contributed by atoms with van der Waals surface area (Å²) in [4.78, 5) is 23.1. The van der Waals surface area contributed by atoms with E-state index >= 15 is 0 Å². The van der Waals surface area contributed by atoms with Gasteiger partial charge in [-0.2, -0.15) is 4.98 Å².